The second kappa shape index (κ2) is 40.6. The summed E-state index contributed by atoms with van der Waals surface area (Å²) in [4.78, 5) is 43.0. The van der Waals surface area contributed by atoms with Crippen LogP contribution < -0.4 is 0 Å². The van der Waals surface area contributed by atoms with E-state index in [9.17, 15) is 24.4 Å². The van der Waals surface area contributed by atoms with E-state index in [2.05, 4.69) is 49.6 Å². The molecule has 2 unspecified atom stereocenters. The number of carbonyl (C=O) groups is 2. The third kappa shape index (κ3) is 42.3. The first-order chi connectivity index (χ1) is 27.9. The quantitative estimate of drug-likeness (QED) is 0.0202. The second-order valence-electron chi connectivity index (χ2n) is 16.5. The molecular formula is C47H87O10P. The summed E-state index contributed by atoms with van der Waals surface area (Å²) in [6, 6.07) is 0. The molecule has 0 aliphatic rings. The highest BCUT2D eigenvalue weighted by Gasteiger charge is 2.23. The average Bonchev–Trinajstić information content (AvgIpc) is 3.17. The van der Waals surface area contributed by atoms with Gasteiger partial charge < -0.3 is 29.5 Å². The molecule has 3 atom stereocenters. The van der Waals surface area contributed by atoms with Crippen LogP contribution in [0.4, 0.5) is 0 Å². The minimum atomic E-state index is -4.84. The van der Waals surface area contributed by atoms with Crippen molar-refractivity contribution in [1.82, 2.24) is 0 Å². The van der Waals surface area contributed by atoms with Crippen LogP contribution in [0.5, 0.6) is 0 Å². The molecule has 0 saturated carbocycles. The molecule has 0 aliphatic carbocycles. The molecule has 0 aliphatic heterocycles. The number of allylic oxidation sites excluding steroid dienone is 5. The van der Waals surface area contributed by atoms with Crippen LogP contribution in [0, 0.1) is 5.92 Å². The number of ether oxygens (including phenoxy) is 2. The second-order valence-corrected chi connectivity index (χ2v) is 17.8. The fourth-order valence-electron chi connectivity index (χ4n) is 6.66. The summed E-state index contributed by atoms with van der Waals surface area (Å²) in [5, 5.41) is 20.6. The lowest BCUT2D eigenvalue weighted by Crippen LogP contribution is -2.30. The van der Waals surface area contributed by atoms with Crippen molar-refractivity contribution in [2.75, 3.05) is 13.2 Å². The van der Waals surface area contributed by atoms with Gasteiger partial charge in [0.05, 0.1) is 18.8 Å². The van der Waals surface area contributed by atoms with Crippen molar-refractivity contribution in [2.24, 2.45) is 5.92 Å². The van der Waals surface area contributed by atoms with Crippen LogP contribution in [0.25, 0.3) is 0 Å². The number of aliphatic hydroxyl groups is 2. The highest BCUT2D eigenvalue weighted by atomic mass is 31.2. The molecule has 0 fully saturated rings. The van der Waals surface area contributed by atoms with Gasteiger partial charge in [-0.05, 0) is 57.3 Å². The van der Waals surface area contributed by atoms with Crippen LogP contribution in [0.1, 0.15) is 213 Å². The molecule has 340 valence electrons. The highest BCUT2D eigenvalue weighted by Crippen LogP contribution is 2.36. The standard InChI is InChI=1S/C47H87O10P/c1-4-5-6-7-8-9-10-20-23-26-29-32-36-44(48)45(49)37-34-39-47(51)57-43(41-56-58(52,53)54)40-55-46(50)38-33-30-27-24-21-18-16-14-12-11-13-15-17-19-22-25-28-31-35-42(2)3/h8-9,20,23,29,32,42-45,48-49H,4-7,10-19,21-22,24-28,30-31,33-41H2,1-3H3,(H2,52,53,54)/b9-8-,23-20-,32-29-/t43-,44?,45?/m1/s1. The number of aliphatic hydroxyl groups excluding tert-OH is 2. The summed E-state index contributed by atoms with van der Waals surface area (Å²) in [7, 11) is -4.84. The zero-order valence-corrected chi connectivity index (χ0v) is 38.0. The van der Waals surface area contributed by atoms with Crippen LogP contribution in [0.2, 0.25) is 0 Å². The lowest BCUT2D eigenvalue weighted by molar-refractivity contribution is -0.161. The third-order valence-electron chi connectivity index (χ3n) is 10.3. The fraction of sp³-hybridized carbons (Fsp3) is 0.830. The average molecular weight is 843 g/mol. The molecule has 0 aromatic carbocycles. The van der Waals surface area contributed by atoms with Crippen LogP contribution in [0.3, 0.4) is 0 Å². The van der Waals surface area contributed by atoms with E-state index in [0.29, 0.717) is 6.42 Å². The van der Waals surface area contributed by atoms with E-state index in [1.165, 1.54) is 116 Å². The molecule has 11 heteroatoms. The highest BCUT2D eigenvalue weighted by molar-refractivity contribution is 7.46. The van der Waals surface area contributed by atoms with E-state index in [4.69, 9.17) is 19.3 Å². The molecule has 10 nitrogen and oxygen atoms in total. The number of phosphoric ester groups is 1. The van der Waals surface area contributed by atoms with Crippen LogP contribution in [-0.4, -0.2) is 63.5 Å². The Morgan fingerprint density at radius 2 is 1.03 bits per heavy atom. The summed E-state index contributed by atoms with van der Waals surface area (Å²) in [6.07, 6.45) is 40.4. The predicted octanol–water partition coefficient (Wildman–Crippen LogP) is 12.3. The van der Waals surface area contributed by atoms with Gasteiger partial charge in [0.15, 0.2) is 6.10 Å². The normalized spacial score (nSPS) is 13.9. The zero-order chi connectivity index (χ0) is 43.0. The molecule has 4 N–H and O–H groups in total. The number of esters is 2. The lowest BCUT2D eigenvalue weighted by Gasteiger charge is -2.19. The number of carbonyl (C=O) groups excluding carboxylic acids is 2. The summed E-state index contributed by atoms with van der Waals surface area (Å²) in [6.45, 7) is 5.79. The first-order valence-electron chi connectivity index (χ1n) is 23.3. The summed E-state index contributed by atoms with van der Waals surface area (Å²) in [5.74, 6) is -0.322. The van der Waals surface area contributed by atoms with Gasteiger partial charge in [-0.3, -0.25) is 14.1 Å². The Bertz CT molecular complexity index is 1090. The topological polar surface area (TPSA) is 160 Å². The number of unbranched alkanes of at least 4 members (excludes halogenated alkanes) is 20. The van der Waals surface area contributed by atoms with Gasteiger partial charge in [0.25, 0.3) is 0 Å². The van der Waals surface area contributed by atoms with Crippen LogP contribution >= 0.6 is 7.82 Å². The smallest absolute Gasteiger partial charge is 0.462 e. The largest absolute Gasteiger partial charge is 0.469 e. The Labute approximate surface area is 354 Å². The van der Waals surface area contributed by atoms with Crippen molar-refractivity contribution in [3.8, 4) is 0 Å². The SMILES string of the molecule is CCCCC/C=C\C/C=C\C/C=C\CC(O)C(O)CCCC(=O)O[C@H](COC(=O)CCCCCCCCCCCCCCCCCCCCC(C)C)COP(=O)(O)O. The minimum absolute atomic E-state index is 0.100. The molecule has 0 bridgehead atoms. The monoisotopic (exact) mass is 843 g/mol. The molecule has 0 saturated heterocycles. The Morgan fingerprint density at radius 3 is 1.55 bits per heavy atom. The maximum Gasteiger partial charge on any atom is 0.469 e. The summed E-state index contributed by atoms with van der Waals surface area (Å²) < 4.78 is 26.3. The van der Waals surface area contributed by atoms with Crippen molar-refractivity contribution < 1.29 is 48.2 Å². The van der Waals surface area contributed by atoms with Crippen molar-refractivity contribution in [3.63, 3.8) is 0 Å². The molecule has 0 spiro atoms. The van der Waals surface area contributed by atoms with Crippen molar-refractivity contribution >= 4 is 19.8 Å². The van der Waals surface area contributed by atoms with Crippen molar-refractivity contribution in [3.05, 3.63) is 36.5 Å². The van der Waals surface area contributed by atoms with E-state index >= 15 is 0 Å². The Morgan fingerprint density at radius 1 is 0.552 bits per heavy atom. The van der Waals surface area contributed by atoms with E-state index in [1.807, 2.05) is 12.2 Å². The molecule has 58 heavy (non-hydrogen) atoms. The van der Waals surface area contributed by atoms with Gasteiger partial charge in [-0.2, -0.15) is 0 Å². The van der Waals surface area contributed by atoms with Gasteiger partial charge in [-0.25, -0.2) is 4.57 Å². The molecule has 0 radical (unpaired) electrons. The van der Waals surface area contributed by atoms with Crippen molar-refractivity contribution in [1.29, 1.82) is 0 Å². The number of hydrogen-bond donors (Lipinski definition) is 4. The molecule has 0 aromatic rings. The van der Waals surface area contributed by atoms with Gasteiger partial charge in [0.2, 0.25) is 0 Å². The van der Waals surface area contributed by atoms with Gasteiger partial charge in [-0.1, -0.05) is 186 Å². The molecule has 0 aromatic heterocycles. The number of phosphoric acid groups is 1. The summed E-state index contributed by atoms with van der Waals surface area (Å²) >= 11 is 0. The Balaban J connectivity index is 4.04. The molecule has 0 rings (SSSR count). The predicted molar refractivity (Wildman–Crippen MR) is 237 cm³/mol. The first kappa shape index (κ1) is 56.2. The van der Waals surface area contributed by atoms with Crippen LogP contribution in [-0.2, 0) is 28.2 Å². The van der Waals surface area contributed by atoms with Gasteiger partial charge in [-0.15, -0.1) is 0 Å². The van der Waals surface area contributed by atoms with E-state index in [1.54, 1.807) is 0 Å². The maximum atomic E-state index is 12.5. The molecular weight excluding hydrogens is 755 g/mol. The lowest BCUT2D eigenvalue weighted by atomic mass is 10.0. The van der Waals surface area contributed by atoms with Gasteiger partial charge in [0, 0.05) is 12.8 Å². The minimum Gasteiger partial charge on any atom is -0.462 e. The Kier molecular flexibility index (Phi) is 39.3. The maximum absolute atomic E-state index is 12.5. The zero-order valence-electron chi connectivity index (χ0n) is 37.1. The fourth-order valence-corrected chi connectivity index (χ4v) is 7.02. The molecule has 0 heterocycles. The van der Waals surface area contributed by atoms with Crippen molar-refractivity contribution in [2.45, 2.75) is 232 Å². The van der Waals surface area contributed by atoms with E-state index in [-0.39, 0.29) is 38.7 Å². The van der Waals surface area contributed by atoms with E-state index in [0.717, 1.165) is 44.4 Å². The Hall–Kier alpha value is -1.81. The van der Waals surface area contributed by atoms with Crippen LogP contribution in [0.15, 0.2) is 36.5 Å². The number of rotatable bonds is 42. The summed E-state index contributed by atoms with van der Waals surface area (Å²) in [5.41, 5.74) is 0. The molecule has 0 amide bonds. The van der Waals surface area contributed by atoms with Gasteiger partial charge >= 0.3 is 19.8 Å². The first-order valence-corrected chi connectivity index (χ1v) is 24.8. The van der Waals surface area contributed by atoms with E-state index < -0.39 is 44.7 Å². The number of hydrogen-bond acceptors (Lipinski definition) is 8. The van der Waals surface area contributed by atoms with Gasteiger partial charge in [0.1, 0.15) is 6.61 Å². The third-order valence-corrected chi connectivity index (χ3v) is 10.8.